The molecule has 4 aromatic carbocycles. The lowest BCUT2D eigenvalue weighted by molar-refractivity contribution is -0.138. The van der Waals surface area contributed by atoms with Crippen molar-refractivity contribution in [2.24, 2.45) is 0 Å². The molecule has 0 aliphatic heterocycles. The van der Waals surface area contributed by atoms with Crippen molar-refractivity contribution in [1.29, 1.82) is 0 Å². The lowest BCUT2D eigenvalue weighted by Crippen LogP contribution is -2.27. The first-order chi connectivity index (χ1) is 16.0. The van der Waals surface area contributed by atoms with Crippen LogP contribution in [0.4, 0.5) is 0 Å². The molecule has 174 valence electrons. The minimum atomic E-state index is -0.686. The second kappa shape index (κ2) is 9.54. The number of ketones is 1. The number of fused-ring (bicyclic) bond motifs is 1. The lowest BCUT2D eigenvalue weighted by Gasteiger charge is -2.29. The zero-order valence-electron chi connectivity index (χ0n) is 20.1. The van der Waals surface area contributed by atoms with Crippen molar-refractivity contribution < 1.29 is 9.53 Å². The fraction of sp³-hybridized carbons (Fsp3) is 0.233. The van der Waals surface area contributed by atoms with Gasteiger partial charge in [-0.3, -0.25) is 4.79 Å². The van der Waals surface area contributed by atoms with Gasteiger partial charge in [0.1, 0.15) is 6.10 Å². The molecule has 0 heterocycles. The van der Waals surface area contributed by atoms with E-state index in [0.717, 1.165) is 44.2 Å². The largest absolute Gasteiger partial charge is 0.360 e. The maximum atomic E-state index is 12.9. The number of Topliss-reactive ketones (excluding diaryl/α,β-unsaturated/α-hetero) is 1. The quantitative estimate of drug-likeness (QED) is 0.278. The van der Waals surface area contributed by atoms with Crippen molar-refractivity contribution in [3.8, 4) is 22.3 Å². The minimum Gasteiger partial charge on any atom is -0.360 e. The van der Waals surface area contributed by atoms with E-state index in [1.165, 1.54) is 0 Å². The second-order valence-electron chi connectivity index (χ2n) is 9.65. The van der Waals surface area contributed by atoms with E-state index in [2.05, 4.69) is 24.3 Å². The number of benzene rings is 4. The van der Waals surface area contributed by atoms with Gasteiger partial charge >= 0.3 is 0 Å². The SMILES string of the molecule is CC(=O)C(OC(C)(C)C)c1c(C)cc2ccc(-c3ccc(Cl)cc3)cc2c1-c1ccc(Cl)cc1. The Morgan fingerprint density at radius 3 is 1.85 bits per heavy atom. The molecule has 34 heavy (non-hydrogen) atoms. The molecule has 0 N–H and O–H groups in total. The van der Waals surface area contributed by atoms with Crippen LogP contribution in [0.1, 0.15) is 44.9 Å². The number of rotatable bonds is 5. The molecule has 4 rings (SSSR count). The van der Waals surface area contributed by atoms with Crippen molar-refractivity contribution in [3.05, 3.63) is 94.0 Å². The first-order valence-corrected chi connectivity index (χ1v) is 12.1. The van der Waals surface area contributed by atoms with Crippen molar-refractivity contribution in [3.63, 3.8) is 0 Å². The molecule has 2 nitrogen and oxygen atoms in total. The Balaban J connectivity index is 2.06. The molecule has 1 unspecified atom stereocenters. The topological polar surface area (TPSA) is 26.3 Å². The minimum absolute atomic E-state index is 0.0264. The van der Waals surface area contributed by atoms with Crippen molar-refractivity contribution in [2.45, 2.75) is 46.3 Å². The van der Waals surface area contributed by atoms with E-state index in [4.69, 9.17) is 27.9 Å². The van der Waals surface area contributed by atoms with Gasteiger partial charge < -0.3 is 4.74 Å². The highest BCUT2D eigenvalue weighted by Gasteiger charge is 2.29. The number of hydrogen-bond donors (Lipinski definition) is 0. The third kappa shape index (κ3) is 5.20. The van der Waals surface area contributed by atoms with E-state index in [-0.39, 0.29) is 5.78 Å². The average molecular weight is 491 g/mol. The van der Waals surface area contributed by atoms with Crippen LogP contribution in [0.5, 0.6) is 0 Å². The van der Waals surface area contributed by atoms with Crippen LogP contribution in [0.2, 0.25) is 10.0 Å². The van der Waals surface area contributed by atoms with Crippen LogP contribution >= 0.6 is 23.2 Å². The standard InChI is InChI=1S/C30H28Cl2O2/c1-18-16-23-7-6-22(20-8-12-24(31)13-9-20)17-26(23)28(21-10-14-25(32)15-11-21)27(18)29(19(2)33)34-30(3,4)5/h6-17,29H,1-5H3. The lowest BCUT2D eigenvalue weighted by atomic mass is 9.85. The smallest absolute Gasteiger partial charge is 0.163 e. The molecule has 4 aromatic rings. The first-order valence-electron chi connectivity index (χ1n) is 11.3. The van der Waals surface area contributed by atoms with E-state index >= 15 is 0 Å². The zero-order chi connectivity index (χ0) is 24.6. The van der Waals surface area contributed by atoms with Crippen LogP contribution in [0, 0.1) is 6.92 Å². The predicted molar refractivity (Wildman–Crippen MR) is 144 cm³/mol. The fourth-order valence-electron chi connectivity index (χ4n) is 4.34. The van der Waals surface area contributed by atoms with Gasteiger partial charge in [0, 0.05) is 10.0 Å². The number of ether oxygens (including phenoxy) is 1. The van der Waals surface area contributed by atoms with Crippen LogP contribution in [-0.2, 0) is 9.53 Å². The molecule has 0 aromatic heterocycles. The van der Waals surface area contributed by atoms with E-state index < -0.39 is 11.7 Å². The molecule has 4 heteroatoms. The van der Waals surface area contributed by atoms with Crippen LogP contribution < -0.4 is 0 Å². The molecule has 0 saturated carbocycles. The Morgan fingerprint density at radius 1 is 0.794 bits per heavy atom. The third-order valence-corrected chi connectivity index (χ3v) is 6.31. The normalized spacial score (nSPS) is 12.7. The van der Waals surface area contributed by atoms with Crippen molar-refractivity contribution >= 4 is 39.8 Å². The molecule has 0 aliphatic rings. The summed E-state index contributed by atoms with van der Waals surface area (Å²) < 4.78 is 6.34. The Morgan fingerprint density at radius 2 is 1.32 bits per heavy atom. The molecule has 0 aliphatic carbocycles. The second-order valence-corrected chi connectivity index (χ2v) is 10.5. The van der Waals surface area contributed by atoms with Gasteiger partial charge in [0.2, 0.25) is 0 Å². The maximum Gasteiger partial charge on any atom is 0.163 e. The van der Waals surface area contributed by atoms with Gasteiger partial charge in [-0.15, -0.1) is 0 Å². The van der Waals surface area contributed by atoms with Gasteiger partial charge in [-0.1, -0.05) is 65.7 Å². The van der Waals surface area contributed by atoms with Gasteiger partial charge in [-0.25, -0.2) is 0 Å². The summed E-state index contributed by atoms with van der Waals surface area (Å²) in [5, 5.41) is 3.52. The summed E-state index contributed by atoms with van der Waals surface area (Å²) in [5.74, 6) is -0.0264. The van der Waals surface area contributed by atoms with E-state index in [1.54, 1.807) is 6.92 Å². The number of halogens is 2. The number of carbonyl (C=O) groups excluding carboxylic acids is 1. The molecule has 0 bridgehead atoms. The van der Waals surface area contributed by atoms with E-state index in [0.29, 0.717) is 10.0 Å². The van der Waals surface area contributed by atoms with Crippen LogP contribution in [0.25, 0.3) is 33.0 Å². The van der Waals surface area contributed by atoms with Gasteiger partial charge in [-0.2, -0.15) is 0 Å². The zero-order valence-corrected chi connectivity index (χ0v) is 21.6. The average Bonchev–Trinajstić information content (AvgIpc) is 2.77. The summed E-state index contributed by atoms with van der Waals surface area (Å²) >= 11 is 12.3. The monoisotopic (exact) mass is 490 g/mol. The van der Waals surface area contributed by atoms with Gasteiger partial charge in [0.15, 0.2) is 5.78 Å². The molecular formula is C30H28Cl2O2. The number of carbonyl (C=O) groups is 1. The molecule has 0 amide bonds. The maximum absolute atomic E-state index is 12.9. The summed E-state index contributed by atoms with van der Waals surface area (Å²) in [6, 6.07) is 24.1. The van der Waals surface area contributed by atoms with Crippen LogP contribution in [-0.4, -0.2) is 11.4 Å². The highest BCUT2D eigenvalue weighted by atomic mass is 35.5. The van der Waals surface area contributed by atoms with E-state index in [1.807, 2.05) is 76.2 Å². The molecule has 1 atom stereocenters. The van der Waals surface area contributed by atoms with Crippen LogP contribution in [0.15, 0.2) is 72.8 Å². The van der Waals surface area contributed by atoms with Gasteiger partial charge in [-0.05, 0) is 109 Å². The van der Waals surface area contributed by atoms with Crippen molar-refractivity contribution in [2.75, 3.05) is 0 Å². The summed E-state index contributed by atoms with van der Waals surface area (Å²) in [7, 11) is 0. The summed E-state index contributed by atoms with van der Waals surface area (Å²) in [6.07, 6.45) is -0.686. The highest BCUT2D eigenvalue weighted by Crippen LogP contribution is 2.42. The predicted octanol–water partition coefficient (Wildman–Crippen LogP) is 9.23. The van der Waals surface area contributed by atoms with Crippen LogP contribution in [0.3, 0.4) is 0 Å². The Bertz CT molecular complexity index is 1350. The molecule has 0 spiro atoms. The highest BCUT2D eigenvalue weighted by molar-refractivity contribution is 6.31. The Labute approximate surface area is 211 Å². The number of hydrogen-bond acceptors (Lipinski definition) is 2. The van der Waals surface area contributed by atoms with Crippen molar-refractivity contribution in [1.82, 2.24) is 0 Å². The third-order valence-electron chi connectivity index (χ3n) is 5.80. The van der Waals surface area contributed by atoms with Gasteiger partial charge in [0.05, 0.1) is 5.60 Å². The molecule has 0 radical (unpaired) electrons. The summed E-state index contributed by atoms with van der Waals surface area (Å²) in [6.45, 7) is 9.55. The Kier molecular flexibility index (Phi) is 6.87. The first kappa shape index (κ1) is 24.5. The van der Waals surface area contributed by atoms with E-state index in [9.17, 15) is 4.79 Å². The molecular weight excluding hydrogens is 463 g/mol. The molecule has 0 fully saturated rings. The fourth-order valence-corrected chi connectivity index (χ4v) is 4.59. The Hall–Kier alpha value is -2.65. The van der Waals surface area contributed by atoms with Gasteiger partial charge in [0.25, 0.3) is 0 Å². The summed E-state index contributed by atoms with van der Waals surface area (Å²) in [4.78, 5) is 12.9. The molecule has 0 saturated heterocycles. The number of aryl methyl sites for hydroxylation is 1. The summed E-state index contributed by atoms with van der Waals surface area (Å²) in [5.41, 5.74) is 5.55.